The van der Waals surface area contributed by atoms with Crippen molar-refractivity contribution in [3.63, 3.8) is 0 Å². The average molecular weight is 372 g/mol. The van der Waals surface area contributed by atoms with E-state index in [-0.39, 0.29) is 0 Å². The molecule has 10 heteroatoms. The fourth-order valence-electron chi connectivity index (χ4n) is 1.95. The molecule has 2 heterocycles. The Bertz CT molecular complexity index is 732. The summed E-state index contributed by atoms with van der Waals surface area (Å²) in [6.45, 7) is 3.22. The molecule has 0 fully saturated rings. The van der Waals surface area contributed by atoms with E-state index in [0.29, 0.717) is 11.3 Å². The van der Waals surface area contributed by atoms with E-state index in [0.717, 1.165) is 12.3 Å². The zero-order valence-electron chi connectivity index (χ0n) is 13.3. The second-order valence-electron chi connectivity index (χ2n) is 5.28. The van der Waals surface area contributed by atoms with Crippen molar-refractivity contribution in [2.75, 3.05) is 0 Å². The van der Waals surface area contributed by atoms with Crippen LogP contribution in [0, 0.1) is 0 Å². The van der Waals surface area contributed by atoms with Gasteiger partial charge < -0.3 is 10.6 Å². The molecule has 0 radical (unpaired) electrons. The Morgan fingerprint density at radius 1 is 1.08 bits per heavy atom. The number of aromatic nitrogens is 2. The SMILES string of the molecule is CC(NC(=O)C(=O)N[C@@H](C)c1ccc(C(F)(F)F)nc1)c1cscn1. The molecule has 0 saturated heterocycles. The third kappa shape index (κ3) is 4.99. The van der Waals surface area contributed by atoms with Crippen molar-refractivity contribution in [3.8, 4) is 0 Å². The molecule has 25 heavy (non-hydrogen) atoms. The number of carbonyl (C=O) groups excluding carboxylic acids is 2. The lowest BCUT2D eigenvalue weighted by Crippen LogP contribution is -2.41. The highest BCUT2D eigenvalue weighted by molar-refractivity contribution is 7.07. The highest BCUT2D eigenvalue weighted by Crippen LogP contribution is 2.27. The van der Waals surface area contributed by atoms with Crippen LogP contribution >= 0.6 is 11.3 Å². The minimum Gasteiger partial charge on any atom is -0.341 e. The van der Waals surface area contributed by atoms with E-state index >= 15 is 0 Å². The third-order valence-electron chi connectivity index (χ3n) is 3.37. The van der Waals surface area contributed by atoms with Crippen molar-refractivity contribution in [2.24, 2.45) is 0 Å². The van der Waals surface area contributed by atoms with Gasteiger partial charge in [0.1, 0.15) is 5.69 Å². The maximum atomic E-state index is 12.5. The number of hydrogen-bond donors (Lipinski definition) is 2. The topological polar surface area (TPSA) is 84.0 Å². The first-order valence-corrected chi connectivity index (χ1v) is 8.15. The molecule has 6 nitrogen and oxygen atoms in total. The summed E-state index contributed by atoms with van der Waals surface area (Å²) in [5, 5.41) is 6.66. The van der Waals surface area contributed by atoms with Gasteiger partial charge in [0.15, 0.2) is 0 Å². The van der Waals surface area contributed by atoms with Crippen LogP contribution in [-0.2, 0) is 15.8 Å². The van der Waals surface area contributed by atoms with Crippen molar-refractivity contribution in [1.82, 2.24) is 20.6 Å². The summed E-state index contributed by atoms with van der Waals surface area (Å²) in [5.41, 5.74) is 1.56. The van der Waals surface area contributed by atoms with E-state index in [9.17, 15) is 22.8 Å². The number of halogens is 3. The van der Waals surface area contributed by atoms with Crippen molar-refractivity contribution < 1.29 is 22.8 Å². The minimum atomic E-state index is -4.53. The summed E-state index contributed by atoms with van der Waals surface area (Å²) in [6.07, 6.45) is -3.51. The number of amides is 2. The summed E-state index contributed by atoms with van der Waals surface area (Å²) in [7, 11) is 0. The quantitative estimate of drug-likeness (QED) is 0.808. The summed E-state index contributed by atoms with van der Waals surface area (Å²) in [5.74, 6) is -1.75. The molecule has 134 valence electrons. The number of carbonyl (C=O) groups is 2. The number of rotatable bonds is 4. The van der Waals surface area contributed by atoms with Crippen molar-refractivity contribution in [1.29, 1.82) is 0 Å². The van der Waals surface area contributed by atoms with Gasteiger partial charge in [0.25, 0.3) is 0 Å². The zero-order valence-corrected chi connectivity index (χ0v) is 14.1. The number of alkyl halides is 3. The lowest BCUT2D eigenvalue weighted by atomic mass is 10.1. The first-order chi connectivity index (χ1) is 11.7. The molecule has 1 unspecified atom stereocenters. The van der Waals surface area contributed by atoms with Crippen LogP contribution in [0.4, 0.5) is 13.2 Å². The average Bonchev–Trinajstić information content (AvgIpc) is 3.08. The molecule has 0 spiro atoms. The molecule has 2 aromatic rings. The maximum Gasteiger partial charge on any atom is 0.433 e. The number of pyridine rings is 1. The molecule has 2 aromatic heterocycles. The van der Waals surface area contributed by atoms with Gasteiger partial charge in [-0.15, -0.1) is 11.3 Å². The molecule has 0 aromatic carbocycles. The van der Waals surface area contributed by atoms with Crippen LogP contribution in [0.5, 0.6) is 0 Å². The fraction of sp³-hybridized carbons (Fsp3) is 0.333. The van der Waals surface area contributed by atoms with Crippen LogP contribution < -0.4 is 10.6 Å². The molecular formula is C15H15F3N4O2S. The summed E-state index contributed by atoms with van der Waals surface area (Å²) >= 11 is 1.36. The van der Waals surface area contributed by atoms with Gasteiger partial charge in [-0.3, -0.25) is 14.6 Å². The number of nitrogens with one attached hydrogen (secondary N) is 2. The Labute approximate surface area is 145 Å². The van der Waals surface area contributed by atoms with Crippen molar-refractivity contribution in [3.05, 3.63) is 46.2 Å². The first kappa shape index (κ1) is 18.8. The molecule has 2 N–H and O–H groups in total. The van der Waals surface area contributed by atoms with Gasteiger partial charge in [-0.25, -0.2) is 4.98 Å². The van der Waals surface area contributed by atoms with Gasteiger partial charge in [0.05, 0.1) is 23.3 Å². The molecule has 0 aliphatic heterocycles. The molecule has 0 aliphatic rings. The van der Waals surface area contributed by atoms with Gasteiger partial charge in [-0.05, 0) is 25.5 Å². The predicted octanol–water partition coefficient (Wildman–Crippen LogP) is 2.61. The van der Waals surface area contributed by atoms with Crippen LogP contribution in [0.25, 0.3) is 0 Å². The van der Waals surface area contributed by atoms with Crippen LogP contribution in [0.3, 0.4) is 0 Å². The zero-order chi connectivity index (χ0) is 18.6. The molecule has 0 bridgehead atoms. The highest BCUT2D eigenvalue weighted by atomic mass is 32.1. The standard InChI is InChI=1S/C15H15F3N4O2S/c1-8(10-3-4-12(19-5-10)15(16,17)18)21-13(23)14(24)22-9(2)11-6-25-7-20-11/h3-9H,1-2H3,(H,21,23)(H,22,24)/t8-,9?/m0/s1. The largest absolute Gasteiger partial charge is 0.433 e. The Morgan fingerprint density at radius 2 is 1.72 bits per heavy atom. The molecule has 2 amide bonds. The molecular weight excluding hydrogens is 357 g/mol. The van der Waals surface area contributed by atoms with E-state index < -0.39 is 35.8 Å². The normalized spacial score (nSPS) is 13.8. The first-order valence-electron chi connectivity index (χ1n) is 7.21. The van der Waals surface area contributed by atoms with Crippen molar-refractivity contribution >= 4 is 23.2 Å². The Morgan fingerprint density at radius 3 is 2.20 bits per heavy atom. The summed E-state index contributed by atoms with van der Waals surface area (Å²) < 4.78 is 37.5. The minimum absolute atomic E-state index is 0.349. The number of nitrogens with zero attached hydrogens (tertiary/aromatic N) is 2. The predicted molar refractivity (Wildman–Crippen MR) is 84.5 cm³/mol. The molecule has 0 aliphatic carbocycles. The summed E-state index contributed by atoms with van der Waals surface area (Å²) in [6, 6.07) is 0.911. The lowest BCUT2D eigenvalue weighted by molar-refractivity contribution is -0.141. The van der Waals surface area contributed by atoms with Crippen molar-refractivity contribution in [2.45, 2.75) is 32.1 Å². The molecule has 2 rings (SSSR count). The second kappa shape index (κ2) is 7.60. The van der Waals surface area contributed by atoms with Crippen LogP contribution in [0.2, 0.25) is 0 Å². The van der Waals surface area contributed by atoms with E-state index in [4.69, 9.17) is 0 Å². The van der Waals surface area contributed by atoms with E-state index in [2.05, 4.69) is 20.6 Å². The highest BCUT2D eigenvalue weighted by Gasteiger charge is 2.32. The molecule has 0 saturated carbocycles. The van der Waals surface area contributed by atoms with Gasteiger partial charge in [-0.1, -0.05) is 6.07 Å². The van der Waals surface area contributed by atoms with E-state index in [1.54, 1.807) is 24.7 Å². The fourth-order valence-corrected chi connectivity index (χ4v) is 2.59. The third-order valence-corrected chi connectivity index (χ3v) is 3.98. The number of thiazole rings is 1. The van der Waals surface area contributed by atoms with Gasteiger partial charge >= 0.3 is 18.0 Å². The summed E-state index contributed by atoms with van der Waals surface area (Å²) in [4.78, 5) is 31.2. The Kier molecular flexibility index (Phi) is 5.73. The smallest absolute Gasteiger partial charge is 0.341 e. The Hall–Kier alpha value is -2.49. The Balaban J connectivity index is 1.94. The number of hydrogen-bond acceptors (Lipinski definition) is 5. The maximum absolute atomic E-state index is 12.5. The van der Waals surface area contributed by atoms with Crippen LogP contribution in [0.1, 0.15) is 42.9 Å². The van der Waals surface area contributed by atoms with Gasteiger partial charge in [0.2, 0.25) is 0 Å². The van der Waals surface area contributed by atoms with Gasteiger partial charge in [-0.2, -0.15) is 13.2 Å². The van der Waals surface area contributed by atoms with Crippen LogP contribution in [0.15, 0.2) is 29.2 Å². The lowest BCUT2D eigenvalue weighted by Gasteiger charge is -2.16. The van der Waals surface area contributed by atoms with Crippen LogP contribution in [-0.4, -0.2) is 21.8 Å². The van der Waals surface area contributed by atoms with Gasteiger partial charge in [0, 0.05) is 11.6 Å². The molecule has 2 atom stereocenters. The second-order valence-corrected chi connectivity index (χ2v) is 6.00. The van der Waals surface area contributed by atoms with E-state index in [1.165, 1.54) is 17.4 Å². The monoisotopic (exact) mass is 372 g/mol. The van der Waals surface area contributed by atoms with E-state index in [1.807, 2.05) is 0 Å².